The average molecular weight is 815 g/mol. The molecule has 0 aromatic carbocycles. The molecule has 0 bridgehead atoms. The first-order valence-corrected chi connectivity index (χ1v) is 25.8. The van der Waals surface area contributed by atoms with Crippen LogP contribution in [0.2, 0.25) is 0 Å². The molecule has 0 aliphatic heterocycles. The van der Waals surface area contributed by atoms with E-state index in [1.54, 1.807) is 6.08 Å². The molecule has 0 heterocycles. The molecule has 0 saturated heterocycles. The fourth-order valence-corrected chi connectivity index (χ4v) is 8.19. The van der Waals surface area contributed by atoms with Gasteiger partial charge in [0.25, 0.3) is 0 Å². The lowest BCUT2D eigenvalue weighted by atomic mass is 10.0. The Hall–Kier alpha value is -0.760. The maximum absolute atomic E-state index is 12.8. The third kappa shape index (κ3) is 41.4. The number of phosphoric acid groups is 1. The van der Waals surface area contributed by atoms with Crippen molar-refractivity contribution in [3.8, 4) is 0 Å². The van der Waals surface area contributed by atoms with E-state index >= 15 is 0 Å². The van der Waals surface area contributed by atoms with Crippen LogP contribution in [0.5, 0.6) is 0 Å². The van der Waals surface area contributed by atoms with E-state index in [0.29, 0.717) is 6.42 Å². The van der Waals surface area contributed by atoms with Crippen LogP contribution in [0.25, 0.3) is 0 Å². The molecular formula is C47H95N2O6P. The van der Waals surface area contributed by atoms with E-state index < -0.39 is 20.0 Å². The van der Waals surface area contributed by atoms with E-state index in [4.69, 9.17) is 14.8 Å². The van der Waals surface area contributed by atoms with Gasteiger partial charge >= 0.3 is 7.82 Å². The Morgan fingerprint density at radius 3 is 1.27 bits per heavy atom. The summed E-state index contributed by atoms with van der Waals surface area (Å²) < 4.78 is 22.2. The van der Waals surface area contributed by atoms with E-state index in [2.05, 4.69) is 19.2 Å². The maximum Gasteiger partial charge on any atom is 0.472 e. The van der Waals surface area contributed by atoms with Crippen molar-refractivity contribution in [2.24, 2.45) is 5.73 Å². The highest BCUT2D eigenvalue weighted by Crippen LogP contribution is 2.43. The summed E-state index contributed by atoms with van der Waals surface area (Å²) in [6.07, 6.45) is 49.8. The maximum atomic E-state index is 12.8. The van der Waals surface area contributed by atoms with E-state index in [0.717, 1.165) is 38.5 Å². The van der Waals surface area contributed by atoms with Gasteiger partial charge in [0.05, 0.1) is 25.4 Å². The van der Waals surface area contributed by atoms with Crippen LogP contribution in [-0.4, -0.2) is 47.8 Å². The number of nitrogens with two attached hydrogens (primary N) is 1. The zero-order valence-electron chi connectivity index (χ0n) is 37.1. The van der Waals surface area contributed by atoms with Crippen molar-refractivity contribution in [2.75, 3.05) is 19.8 Å². The molecule has 0 aromatic heterocycles. The summed E-state index contributed by atoms with van der Waals surface area (Å²) in [5.41, 5.74) is 5.38. The highest BCUT2D eigenvalue weighted by Gasteiger charge is 2.26. The average Bonchev–Trinajstić information content (AvgIpc) is 3.19. The molecule has 0 rings (SSSR count). The Morgan fingerprint density at radius 2 is 0.911 bits per heavy atom. The van der Waals surface area contributed by atoms with Gasteiger partial charge in [-0.25, -0.2) is 4.57 Å². The number of carbonyl (C=O) groups excluding carboxylic acids is 1. The number of hydrogen-bond acceptors (Lipinski definition) is 6. The molecule has 8 nitrogen and oxygen atoms in total. The van der Waals surface area contributed by atoms with Crippen LogP contribution in [-0.2, 0) is 18.4 Å². The van der Waals surface area contributed by atoms with Gasteiger partial charge in [-0.3, -0.25) is 13.8 Å². The fraction of sp³-hybridized carbons (Fsp3) is 0.936. The van der Waals surface area contributed by atoms with Crippen molar-refractivity contribution in [2.45, 2.75) is 264 Å². The van der Waals surface area contributed by atoms with Crippen molar-refractivity contribution < 1.29 is 28.4 Å². The number of carbonyl (C=O) groups is 1. The molecule has 0 saturated carbocycles. The summed E-state index contributed by atoms with van der Waals surface area (Å²) >= 11 is 0. The second-order valence-electron chi connectivity index (χ2n) is 16.7. The topological polar surface area (TPSA) is 131 Å². The highest BCUT2D eigenvalue weighted by atomic mass is 31.2. The predicted octanol–water partition coefficient (Wildman–Crippen LogP) is 14.0. The van der Waals surface area contributed by atoms with Gasteiger partial charge in [0.2, 0.25) is 5.91 Å². The molecule has 0 radical (unpaired) electrons. The van der Waals surface area contributed by atoms with Crippen molar-refractivity contribution in [1.82, 2.24) is 5.32 Å². The van der Waals surface area contributed by atoms with Gasteiger partial charge in [-0.15, -0.1) is 0 Å². The van der Waals surface area contributed by atoms with Crippen molar-refractivity contribution in [3.63, 3.8) is 0 Å². The zero-order valence-corrected chi connectivity index (χ0v) is 38.0. The molecule has 0 aromatic rings. The van der Waals surface area contributed by atoms with E-state index in [-0.39, 0.29) is 25.7 Å². The minimum Gasteiger partial charge on any atom is -0.387 e. The monoisotopic (exact) mass is 815 g/mol. The van der Waals surface area contributed by atoms with Crippen LogP contribution >= 0.6 is 7.82 Å². The largest absolute Gasteiger partial charge is 0.472 e. The zero-order chi connectivity index (χ0) is 41.1. The van der Waals surface area contributed by atoms with Crippen LogP contribution in [0.3, 0.4) is 0 Å². The standard InChI is InChI=1S/C47H95N2O6P/c1-3-5-7-9-11-13-15-17-19-21-22-23-24-25-27-29-31-33-35-37-39-41-47(51)49-45(44-55-56(52,53)54-43-42-48)46(50)40-38-36-34-32-30-28-26-20-18-16-14-12-10-8-6-4-2/h38,40,45-46,50H,3-37,39,41-44,48H2,1-2H3,(H,49,51)(H,52,53)/b40-38+. The molecule has 0 aliphatic rings. The molecule has 0 spiro atoms. The third-order valence-electron chi connectivity index (χ3n) is 11.1. The van der Waals surface area contributed by atoms with Gasteiger partial charge in [0, 0.05) is 13.0 Å². The summed E-state index contributed by atoms with van der Waals surface area (Å²) in [6, 6.07) is -0.855. The minimum absolute atomic E-state index is 0.0815. The first-order chi connectivity index (χ1) is 27.4. The molecule has 5 N–H and O–H groups in total. The van der Waals surface area contributed by atoms with Crippen LogP contribution in [0.4, 0.5) is 0 Å². The lowest BCUT2D eigenvalue weighted by Gasteiger charge is -2.23. The van der Waals surface area contributed by atoms with Crippen LogP contribution in [0.1, 0.15) is 251 Å². The molecule has 9 heteroatoms. The Balaban J connectivity index is 4.08. The number of amides is 1. The molecular weight excluding hydrogens is 719 g/mol. The number of nitrogens with one attached hydrogen (secondary N) is 1. The molecule has 1 amide bonds. The number of aliphatic hydroxyl groups excluding tert-OH is 1. The van der Waals surface area contributed by atoms with Gasteiger partial charge in [0.15, 0.2) is 0 Å². The summed E-state index contributed by atoms with van der Waals surface area (Å²) in [5, 5.41) is 13.7. The fourth-order valence-electron chi connectivity index (χ4n) is 7.43. The van der Waals surface area contributed by atoms with Crippen molar-refractivity contribution >= 4 is 13.7 Å². The van der Waals surface area contributed by atoms with Gasteiger partial charge in [-0.2, -0.15) is 0 Å². The number of allylic oxidation sites excluding steroid dienone is 1. The number of phosphoric ester groups is 1. The molecule has 56 heavy (non-hydrogen) atoms. The molecule has 334 valence electrons. The molecule has 3 atom stereocenters. The number of rotatable bonds is 46. The smallest absolute Gasteiger partial charge is 0.387 e. The van der Waals surface area contributed by atoms with Crippen molar-refractivity contribution in [1.29, 1.82) is 0 Å². The SMILES string of the molecule is CCCCCCCCCCCCCCCC/C=C/C(O)C(COP(=O)(O)OCCN)NC(=O)CCCCCCCCCCCCCCCCCCCCCCC. The second-order valence-corrected chi connectivity index (χ2v) is 18.1. The van der Waals surface area contributed by atoms with E-state index in [9.17, 15) is 19.4 Å². The quantitative estimate of drug-likeness (QED) is 0.0273. The lowest BCUT2D eigenvalue weighted by molar-refractivity contribution is -0.123. The number of hydrogen-bond donors (Lipinski definition) is 4. The molecule has 0 fully saturated rings. The number of unbranched alkanes of at least 4 members (excludes halogenated alkanes) is 34. The van der Waals surface area contributed by atoms with E-state index in [1.807, 2.05) is 6.08 Å². The highest BCUT2D eigenvalue weighted by molar-refractivity contribution is 7.47. The normalized spacial score (nSPS) is 14.0. The van der Waals surface area contributed by atoms with Gasteiger partial charge in [-0.05, 0) is 19.3 Å². The molecule has 0 aliphatic carbocycles. The predicted molar refractivity (Wildman–Crippen MR) is 240 cm³/mol. The Kier molecular flexibility index (Phi) is 43.2. The van der Waals surface area contributed by atoms with Crippen molar-refractivity contribution in [3.05, 3.63) is 12.2 Å². The molecule has 3 unspecified atom stereocenters. The summed E-state index contributed by atoms with van der Waals surface area (Å²) in [4.78, 5) is 22.8. The van der Waals surface area contributed by atoms with E-state index in [1.165, 1.54) is 193 Å². The van der Waals surface area contributed by atoms with Crippen LogP contribution < -0.4 is 11.1 Å². The Morgan fingerprint density at radius 1 is 0.571 bits per heavy atom. The Labute approximate surface area is 347 Å². The van der Waals surface area contributed by atoms with Crippen LogP contribution in [0.15, 0.2) is 12.2 Å². The van der Waals surface area contributed by atoms with Gasteiger partial charge in [0.1, 0.15) is 0 Å². The van der Waals surface area contributed by atoms with Crippen LogP contribution in [0, 0.1) is 0 Å². The first-order valence-electron chi connectivity index (χ1n) is 24.3. The second kappa shape index (κ2) is 43.8. The third-order valence-corrected chi connectivity index (χ3v) is 12.1. The minimum atomic E-state index is -4.34. The summed E-state index contributed by atoms with van der Waals surface area (Å²) in [6.45, 7) is 4.17. The van der Waals surface area contributed by atoms with Gasteiger partial charge in [-0.1, -0.05) is 238 Å². The summed E-state index contributed by atoms with van der Waals surface area (Å²) in [7, 11) is -4.34. The first kappa shape index (κ1) is 55.2. The number of aliphatic hydroxyl groups is 1. The Bertz CT molecular complexity index is 891. The lowest BCUT2D eigenvalue weighted by Crippen LogP contribution is -2.45. The summed E-state index contributed by atoms with van der Waals surface area (Å²) in [5.74, 6) is -0.188. The van der Waals surface area contributed by atoms with Gasteiger partial charge < -0.3 is 21.1 Å².